The van der Waals surface area contributed by atoms with Gasteiger partial charge in [-0.3, -0.25) is 14.4 Å². The van der Waals surface area contributed by atoms with E-state index in [1.165, 1.54) is 13.8 Å². The molecule has 0 aliphatic heterocycles. The van der Waals surface area contributed by atoms with E-state index in [-0.39, 0.29) is 24.1 Å². The second kappa shape index (κ2) is 7.35. The summed E-state index contributed by atoms with van der Waals surface area (Å²) in [5.41, 5.74) is 1.66. The van der Waals surface area contributed by atoms with E-state index in [2.05, 4.69) is 5.32 Å². The molecule has 23 heavy (non-hydrogen) atoms. The quantitative estimate of drug-likeness (QED) is 0.832. The van der Waals surface area contributed by atoms with E-state index in [0.717, 1.165) is 0 Å². The standard InChI is InChI=1S/C18H17NO4/c1-12(20)14-6-8-17(9-7-14)23-11-18(22)19-16-5-3-4-15(10-16)13(2)21/h3-10H,11H2,1-2H3,(H,19,22). The Kier molecular flexibility index (Phi) is 5.25. The van der Waals surface area contributed by atoms with Gasteiger partial charge >= 0.3 is 0 Å². The van der Waals surface area contributed by atoms with Crippen molar-refractivity contribution in [3.8, 4) is 5.75 Å². The molecule has 0 aromatic heterocycles. The lowest BCUT2D eigenvalue weighted by Crippen LogP contribution is -2.20. The average molecular weight is 311 g/mol. The lowest BCUT2D eigenvalue weighted by atomic mass is 10.1. The number of carbonyl (C=O) groups excluding carboxylic acids is 3. The number of hydrogen-bond acceptors (Lipinski definition) is 4. The van der Waals surface area contributed by atoms with Crippen LogP contribution in [0.4, 0.5) is 5.69 Å². The minimum Gasteiger partial charge on any atom is -0.484 e. The predicted octanol–water partition coefficient (Wildman–Crippen LogP) is 3.11. The van der Waals surface area contributed by atoms with Crippen molar-refractivity contribution in [3.05, 3.63) is 59.7 Å². The second-order valence-electron chi connectivity index (χ2n) is 5.05. The van der Waals surface area contributed by atoms with Gasteiger partial charge in [0.15, 0.2) is 18.2 Å². The van der Waals surface area contributed by atoms with Gasteiger partial charge < -0.3 is 10.1 Å². The molecule has 0 fully saturated rings. The largest absolute Gasteiger partial charge is 0.484 e. The van der Waals surface area contributed by atoms with E-state index in [9.17, 15) is 14.4 Å². The molecule has 0 unspecified atom stereocenters. The molecule has 1 amide bonds. The molecule has 0 saturated carbocycles. The maximum absolute atomic E-state index is 11.9. The van der Waals surface area contributed by atoms with E-state index >= 15 is 0 Å². The van der Waals surface area contributed by atoms with E-state index in [4.69, 9.17) is 4.74 Å². The Hall–Kier alpha value is -2.95. The number of rotatable bonds is 6. The zero-order valence-electron chi connectivity index (χ0n) is 13.0. The number of hydrogen-bond donors (Lipinski definition) is 1. The van der Waals surface area contributed by atoms with Crippen LogP contribution in [0.1, 0.15) is 34.6 Å². The van der Waals surface area contributed by atoms with Crippen LogP contribution in [-0.2, 0) is 4.79 Å². The van der Waals surface area contributed by atoms with E-state index in [0.29, 0.717) is 22.6 Å². The minimum atomic E-state index is -0.332. The molecule has 118 valence electrons. The predicted molar refractivity (Wildman–Crippen MR) is 87.0 cm³/mol. The summed E-state index contributed by atoms with van der Waals surface area (Å²) in [7, 11) is 0. The zero-order valence-corrected chi connectivity index (χ0v) is 13.0. The third-order valence-corrected chi connectivity index (χ3v) is 3.18. The summed E-state index contributed by atoms with van der Waals surface area (Å²) in [6.07, 6.45) is 0. The Balaban J connectivity index is 1.91. The lowest BCUT2D eigenvalue weighted by Gasteiger charge is -2.08. The summed E-state index contributed by atoms with van der Waals surface area (Å²) in [6.45, 7) is 2.79. The molecule has 0 saturated heterocycles. The SMILES string of the molecule is CC(=O)c1ccc(OCC(=O)Nc2cccc(C(C)=O)c2)cc1. The first kappa shape index (κ1) is 16.4. The number of ketones is 2. The highest BCUT2D eigenvalue weighted by molar-refractivity contribution is 5.97. The third kappa shape index (κ3) is 4.78. The van der Waals surface area contributed by atoms with Crippen molar-refractivity contribution in [2.75, 3.05) is 11.9 Å². The summed E-state index contributed by atoms with van der Waals surface area (Å²) < 4.78 is 5.36. The first-order valence-corrected chi connectivity index (χ1v) is 7.10. The smallest absolute Gasteiger partial charge is 0.262 e. The van der Waals surface area contributed by atoms with Crippen LogP contribution in [0.25, 0.3) is 0 Å². The Morgan fingerprint density at radius 1 is 0.913 bits per heavy atom. The van der Waals surface area contributed by atoms with Gasteiger partial charge in [0.2, 0.25) is 0 Å². The van der Waals surface area contributed by atoms with Crippen molar-refractivity contribution in [3.63, 3.8) is 0 Å². The molecule has 0 aliphatic rings. The maximum Gasteiger partial charge on any atom is 0.262 e. The first-order chi connectivity index (χ1) is 11.0. The van der Waals surface area contributed by atoms with Gasteiger partial charge in [0.1, 0.15) is 5.75 Å². The Labute approximate surface area is 134 Å². The number of nitrogens with one attached hydrogen (secondary N) is 1. The van der Waals surface area contributed by atoms with E-state index in [1.807, 2.05) is 0 Å². The number of ether oxygens (including phenoxy) is 1. The van der Waals surface area contributed by atoms with Gasteiger partial charge in [-0.25, -0.2) is 0 Å². The molecule has 5 heteroatoms. The van der Waals surface area contributed by atoms with Crippen LogP contribution in [0.2, 0.25) is 0 Å². The van der Waals surface area contributed by atoms with Gasteiger partial charge in [-0.1, -0.05) is 12.1 Å². The van der Waals surface area contributed by atoms with Gasteiger partial charge in [0.25, 0.3) is 5.91 Å². The molecule has 2 rings (SSSR count). The fourth-order valence-electron chi connectivity index (χ4n) is 1.95. The summed E-state index contributed by atoms with van der Waals surface area (Å²) in [4.78, 5) is 34.3. The van der Waals surface area contributed by atoms with Gasteiger partial charge in [-0.05, 0) is 50.2 Å². The van der Waals surface area contributed by atoms with Crippen molar-refractivity contribution in [2.24, 2.45) is 0 Å². The Morgan fingerprint density at radius 2 is 1.57 bits per heavy atom. The number of carbonyl (C=O) groups is 3. The van der Waals surface area contributed by atoms with Crippen LogP contribution < -0.4 is 10.1 Å². The maximum atomic E-state index is 11.9. The molecule has 2 aromatic rings. The van der Waals surface area contributed by atoms with Crippen molar-refractivity contribution in [2.45, 2.75) is 13.8 Å². The molecule has 1 N–H and O–H groups in total. The van der Waals surface area contributed by atoms with Crippen LogP contribution >= 0.6 is 0 Å². The van der Waals surface area contributed by atoms with Crippen molar-refractivity contribution >= 4 is 23.2 Å². The number of amides is 1. The van der Waals surface area contributed by atoms with Crippen molar-refractivity contribution < 1.29 is 19.1 Å². The highest BCUT2D eigenvalue weighted by Crippen LogP contribution is 2.14. The molecule has 0 atom stereocenters. The molecule has 0 radical (unpaired) electrons. The topological polar surface area (TPSA) is 72.5 Å². The number of Topliss-reactive ketones (excluding diaryl/α,β-unsaturated/α-hetero) is 2. The highest BCUT2D eigenvalue weighted by atomic mass is 16.5. The zero-order chi connectivity index (χ0) is 16.8. The van der Waals surface area contributed by atoms with Gasteiger partial charge in [0, 0.05) is 16.8 Å². The summed E-state index contributed by atoms with van der Waals surface area (Å²) in [5.74, 6) is 0.0755. The summed E-state index contributed by atoms with van der Waals surface area (Å²) in [5, 5.41) is 2.67. The molecule has 5 nitrogen and oxygen atoms in total. The van der Waals surface area contributed by atoms with Crippen LogP contribution in [0, 0.1) is 0 Å². The van der Waals surface area contributed by atoms with Crippen molar-refractivity contribution in [1.29, 1.82) is 0 Å². The minimum absolute atomic E-state index is 0.0281. The molecule has 0 bridgehead atoms. The van der Waals surface area contributed by atoms with Gasteiger partial charge in [-0.15, -0.1) is 0 Å². The summed E-state index contributed by atoms with van der Waals surface area (Å²) >= 11 is 0. The summed E-state index contributed by atoms with van der Waals surface area (Å²) in [6, 6.07) is 13.3. The average Bonchev–Trinajstić information content (AvgIpc) is 2.53. The monoisotopic (exact) mass is 311 g/mol. The molecular weight excluding hydrogens is 294 g/mol. The van der Waals surface area contributed by atoms with Crippen LogP contribution in [0.5, 0.6) is 5.75 Å². The van der Waals surface area contributed by atoms with Gasteiger partial charge in [0.05, 0.1) is 0 Å². The van der Waals surface area contributed by atoms with Gasteiger partial charge in [-0.2, -0.15) is 0 Å². The van der Waals surface area contributed by atoms with E-state index < -0.39 is 0 Å². The Morgan fingerprint density at radius 3 is 2.17 bits per heavy atom. The van der Waals surface area contributed by atoms with Crippen LogP contribution in [0.3, 0.4) is 0 Å². The highest BCUT2D eigenvalue weighted by Gasteiger charge is 2.06. The second-order valence-corrected chi connectivity index (χ2v) is 5.05. The molecule has 0 aliphatic carbocycles. The van der Waals surface area contributed by atoms with Crippen LogP contribution in [-0.4, -0.2) is 24.1 Å². The molecular formula is C18H17NO4. The normalized spacial score (nSPS) is 10.0. The molecule has 0 heterocycles. The lowest BCUT2D eigenvalue weighted by molar-refractivity contribution is -0.118. The molecule has 2 aromatic carbocycles. The third-order valence-electron chi connectivity index (χ3n) is 3.18. The fraction of sp³-hybridized carbons (Fsp3) is 0.167. The molecule has 0 spiro atoms. The first-order valence-electron chi connectivity index (χ1n) is 7.10. The Bertz CT molecular complexity index is 735. The fourth-order valence-corrected chi connectivity index (χ4v) is 1.95. The van der Waals surface area contributed by atoms with E-state index in [1.54, 1.807) is 48.5 Å². The van der Waals surface area contributed by atoms with Crippen LogP contribution in [0.15, 0.2) is 48.5 Å². The number of benzene rings is 2. The van der Waals surface area contributed by atoms with Crippen molar-refractivity contribution in [1.82, 2.24) is 0 Å². The number of anilines is 1.